The molecule has 1 amide bonds. The van der Waals surface area contributed by atoms with Gasteiger partial charge in [-0.25, -0.2) is 0 Å². The van der Waals surface area contributed by atoms with Crippen molar-refractivity contribution in [3.05, 3.63) is 12.2 Å². The first-order valence-electron chi connectivity index (χ1n) is 8.34. The van der Waals surface area contributed by atoms with Gasteiger partial charge in [-0.2, -0.15) is 0 Å². The van der Waals surface area contributed by atoms with Crippen LogP contribution in [0.2, 0.25) is 0 Å². The fourth-order valence-electron chi connectivity index (χ4n) is 3.81. The van der Waals surface area contributed by atoms with Gasteiger partial charge in [0, 0.05) is 31.5 Å². The predicted octanol–water partition coefficient (Wildman–Crippen LogP) is 3.07. The molecule has 0 radical (unpaired) electrons. The van der Waals surface area contributed by atoms with E-state index in [4.69, 9.17) is 0 Å². The Morgan fingerprint density at radius 1 is 1.10 bits per heavy atom. The van der Waals surface area contributed by atoms with Gasteiger partial charge in [-0.1, -0.05) is 26.0 Å². The molecule has 1 atom stereocenters. The lowest BCUT2D eigenvalue weighted by molar-refractivity contribution is -0.135. The third kappa shape index (κ3) is 3.85. The molecule has 2 fully saturated rings. The SMILES string of the molecule is CC/C=C/CC(=O)N1CCC[C@]2(CCCN(CC)C2)C1. The Hall–Kier alpha value is -0.830. The molecule has 2 heterocycles. The van der Waals surface area contributed by atoms with Gasteiger partial charge >= 0.3 is 0 Å². The van der Waals surface area contributed by atoms with Crippen molar-refractivity contribution in [3.8, 4) is 0 Å². The summed E-state index contributed by atoms with van der Waals surface area (Å²) in [4.78, 5) is 17.0. The number of hydrogen-bond acceptors (Lipinski definition) is 2. The minimum Gasteiger partial charge on any atom is -0.342 e. The summed E-state index contributed by atoms with van der Waals surface area (Å²) in [5.41, 5.74) is 0.386. The normalized spacial score (nSPS) is 28.4. The smallest absolute Gasteiger partial charge is 0.226 e. The lowest BCUT2D eigenvalue weighted by Gasteiger charge is -2.48. The molecule has 2 rings (SSSR count). The first kappa shape index (κ1) is 15.6. The van der Waals surface area contributed by atoms with Crippen LogP contribution in [0.4, 0.5) is 0 Å². The van der Waals surface area contributed by atoms with E-state index < -0.39 is 0 Å². The van der Waals surface area contributed by atoms with Crippen LogP contribution in [0.25, 0.3) is 0 Å². The first-order chi connectivity index (χ1) is 9.69. The fourth-order valence-corrected chi connectivity index (χ4v) is 3.81. The predicted molar refractivity (Wildman–Crippen MR) is 83.6 cm³/mol. The van der Waals surface area contributed by atoms with E-state index in [0.29, 0.717) is 17.7 Å². The summed E-state index contributed by atoms with van der Waals surface area (Å²) in [5, 5.41) is 0. The Labute approximate surface area is 124 Å². The van der Waals surface area contributed by atoms with E-state index in [1.165, 1.54) is 38.8 Å². The lowest BCUT2D eigenvalue weighted by atomic mass is 9.73. The highest BCUT2D eigenvalue weighted by Gasteiger charge is 2.39. The zero-order valence-corrected chi connectivity index (χ0v) is 13.2. The van der Waals surface area contributed by atoms with Gasteiger partial charge < -0.3 is 9.80 Å². The molecule has 0 bridgehead atoms. The van der Waals surface area contributed by atoms with Crippen molar-refractivity contribution in [3.63, 3.8) is 0 Å². The Bertz CT molecular complexity index is 349. The molecule has 3 heteroatoms. The quantitative estimate of drug-likeness (QED) is 0.738. The van der Waals surface area contributed by atoms with Gasteiger partial charge in [0.15, 0.2) is 0 Å². The Balaban J connectivity index is 1.93. The number of allylic oxidation sites excluding steroid dienone is 1. The van der Waals surface area contributed by atoms with E-state index in [0.717, 1.165) is 26.1 Å². The van der Waals surface area contributed by atoms with Crippen molar-refractivity contribution in [2.24, 2.45) is 5.41 Å². The number of hydrogen-bond donors (Lipinski definition) is 0. The second-order valence-electron chi connectivity index (χ2n) is 6.47. The maximum Gasteiger partial charge on any atom is 0.226 e. The zero-order chi connectivity index (χ0) is 14.4. The molecule has 0 unspecified atom stereocenters. The van der Waals surface area contributed by atoms with E-state index in [9.17, 15) is 4.79 Å². The minimum absolute atomic E-state index is 0.322. The summed E-state index contributed by atoms with van der Waals surface area (Å²) in [5.74, 6) is 0.322. The summed E-state index contributed by atoms with van der Waals surface area (Å²) >= 11 is 0. The highest BCUT2D eigenvalue weighted by Crippen LogP contribution is 2.38. The van der Waals surface area contributed by atoms with Crippen LogP contribution < -0.4 is 0 Å². The topological polar surface area (TPSA) is 23.6 Å². The van der Waals surface area contributed by atoms with Gasteiger partial charge in [0.2, 0.25) is 5.91 Å². The zero-order valence-electron chi connectivity index (χ0n) is 13.2. The first-order valence-corrected chi connectivity index (χ1v) is 8.34. The van der Waals surface area contributed by atoms with Crippen LogP contribution in [-0.2, 0) is 4.79 Å². The van der Waals surface area contributed by atoms with E-state index in [1.54, 1.807) is 0 Å². The second-order valence-corrected chi connectivity index (χ2v) is 6.47. The third-order valence-electron chi connectivity index (χ3n) is 4.90. The van der Waals surface area contributed by atoms with Gasteiger partial charge in [0.05, 0.1) is 0 Å². The van der Waals surface area contributed by atoms with Crippen LogP contribution in [0.5, 0.6) is 0 Å². The van der Waals surface area contributed by atoms with E-state index in [1.807, 2.05) is 6.08 Å². The molecule has 2 aliphatic rings. The number of nitrogens with zero attached hydrogens (tertiary/aromatic N) is 2. The van der Waals surface area contributed by atoms with Crippen molar-refractivity contribution >= 4 is 5.91 Å². The van der Waals surface area contributed by atoms with E-state index in [2.05, 4.69) is 29.7 Å². The molecule has 0 aromatic carbocycles. The van der Waals surface area contributed by atoms with Crippen molar-refractivity contribution in [1.29, 1.82) is 0 Å². The summed E-state index contributed by atoms with van der Waals surface area (Å²) in [6, 6.07) is 0. The molecule has 0 aromatic rings. The summed E-state index contributed by atoms with van der Waals surface area (Å²) in [6.45, 7) is 9.89. The molecule has 114 valence electrons. The molecule has 3 nitrogen and oxygen atoms in total. The average molecular weight is 278 g/mol. The number of piperidine rings is 2. The number of carbonyl (C=O) groups excluding carboxylic acids is 1. The van der Waals surface area contributed by atoms with Crippen LogP contribution in [0.15, 0.2) is 12.2 Å². The third-order valence-corrected chi connectivity index (χ3v) is 4.90. The molecular weight excluding hydrogens is 248 g/mol. The summed E-state index contributed by atoms with van der Waals surface area (Å²) < 4.78 is 0. The largest absolute Gasteiger partial charge is 0.342 e. The maximum atomic E-state index is 12.3. The number of amides is 1. The van der Waals surface area contributed by atoms with Gasteiger partial charge in [-0.3, -0.25) is 4.79 Å². The number of rotatable bonds is 4. The molecule has 0 N–H and O–H groups in total. The molecule has 2 saturated heterocycles. The highest BCUT2D eigenvalue weighted by molar-refractivity contribution is 5.77. The molecule has 0 saturated carbocycles. The fraction of sp³-hybridized carbons (Fsp3) is 0.824. The summed E-state index contributed by atoms with van der Waals surface area (Å²) in [6.07, 6.45) is 10.8. The van der Waals surface area contributed by atoms with Crippen molar-refractivity contribution in [2.45, 2.75) is 52.4 Å². The molecule has 1 spiro atoms. The van der Waals surface area contributed by atoms with Crippen LogP contribution in [0.3, 0.4) is 0 Å². The molecule has 2 aliphatic heterocycles. The van der Waals surface area contributed by atoms with Crippen LogP contribution >= 0.6 is 0 Å². The Morgan fingerprint density at radius 3 is 2.55 bits per heavy atom. The average Bonchev–Trinajstić information content (AvgIpc) is 2.47. The van der Waals surface area contributed by atoms with E-state index >= 15 is 0 Å². The van der Waals surface area contributed by atoms with E-state index in [-0.39, 0.29) is 0 Å². The lowest BCUT2D eigenvalue weighted by Crippen LogP contribution is -2.53. The molecule has 0 aliphatic carbocycles. The van der Waals surface area contributed by atoms with Gasteiger partial charge in [0.25, 0.3) is 0 Å². The molecule has 0 aromatic heterocycles. The number of carbonyl (C=O) groups is 1. The Morgan fingerprint density at radius 2 is 1.85 bits per heavy atom. The summed E-state index contributed by atoms with van der Waals surface area (Å²) in [7, 11) is 0. The van der Waals surface area contributed by atoms with Crippen LogP contribution in [-0.4, -0.2) is 48.4 Å². The van der Waals surface area contributed by atoms with Gasteiger partial charge in [0.1, 0.15) is 0 Å². The van der Waals surface area contributed by atoms with Crippen LogP contribution in [0, 0.1) is 5.41 Å². The molecular formula is C17H30N2O. The minimum atomic E-state index is 0.322. The van der Waals surface area contributed by atoms with Crippen LogP contribution in [0.1, 0.15) is 52.4 Å². The van der Waals surface area contributed by atoms with Gasteiger partial charge in [-0.15, -0.1) is 0 Å². The standard InChI is InChI=1S/C17H30N2O/c1-3-5-6-9-16(20)19-13-8-11-17(15-19)10-7-12-18(4-2)14-17/h5-6H,3-4,7-15H2,1-2H3/b6-5+/t17-/m0/s1. The van der Waals surface area contributed by atoms with Crippen molar-refractivity contribution in [2.75, 3.05) is 32.7 Å². The maximum absolute atomic E-state index is 12.3. The van der Waals surface area contributed by atoms with Crippen molar-refractivity contribution < 1.29 is 4.79 Å². The van der Waals surface area contributed by atoms with Crippen molar-refractivity contribution in [1.82, 2.24) is 9.80 Å². The highest BCUT2D eigenvalue weighted by atomic mass is 16.2. The van der Waals surface area contributed by atoms with Gasteiger partial charge in [-0.05, 0) is 45.2 Å². The molecule has 20 heavy (non-hydrogen) atoms. The second kappa shape index (κ2) is 7.26. The monoisotopic (exact) mass is 278 g/mol. The Kier molecular flexibility index (Phi) is 5.64. The number of likely N-dealkylation sites (tertiary alicyclic amines) is 2.